The van der Waals surface area contributed by atoms with Crippen LogP contribution >= 0.6 is 28.6 Å². The second-order valence-corrected chi connectivity index (χ2v) is 5.95. The van der Waals surface area contributed by atoms with Crippen molar-refractivity contribution in [3.8, 4) is 0 Å². The van der Waals surface area contributed by atoms with Crippen LogP contribution in [0.4, 0.5) is 0 Å². The fraction of sp³-hybridized carbons (Fsp3) is 0. The average Bonchev–Trinajstić information content (AvgIpc) is 1.85. The SMILES string of the molecule is O=P(Cl)(Cl)OC1=CC=C[C+]=C1. The van der Waals surface area contributed by atoms with Gasteiger partial charge in [-0.05, 0) is 0 Å². The van der Waals surface area contributed by atoms with Crippen LogP contribution in [0, 0.1) is 6.08 Å². The van der Waals surface area contributed by atoms with Crippen LogP contribution in [-0.2, 0) is 9.09 Å². The lowest BCUT2D eigenvalue weighted by atomic mass is 10.3. The van der Waals surface area contributed by atoms with Gasteiger partial charge in [-0.15, -0.1) is 0 Å². The highest BCUT2D eigenvalue weighted by Gasteiger charge is 2.20. The molecule has 0 radical (unpaired) electrons. The molecule has 1 rings (SSSR count). The molecule has 0 unspecified atom stereocenters. The zero-order valence-corrected chi connectivity index (χ0v) is 7.74. The summed E-state index contributed by atoms with van der Waals surface area (Å²) in [5.41, 5.74) is 0. The smallest absolute Gasteiger partial charge is 0.356 e. The largest absolute Gasteiger partial charge is 0.440 e. The Balaban J connectivity index is 2.65. The Morgan fingerprint density at radius 3 is 2.73 bits per heavy atom. The average molecular weight is 210 g/mol. The molecule has 0 amide bonds. The summed E-state index contributed by atoms with van der Waals surface area (Å²) >= 11 is 10.3. The van der Waals surface area contributed by atoms with E-state index in [0.29, 0.717) is 5.76 Å². The molecule has 2 nitrogen and oxygen atoms in total. The summed E-state index contributed by atoms with van der Waals surface area (Å²) < 4.78 is 15.3. The zero-order valence-electron chi connectivity index (χ0n) is 5.33. The summed E-state index contributed by atoms with van der Waals surface area (Å²) in [5, 5.41) is 0. The van der Waals surface area contributed by atoms with Gasteiger partial charge in [0.2, 0.25) is 5.76 Å². The number of allylic oxidation sites excluding steroid dienone is 5. The van der Waals surface area contributed by atoms with Gasteiger partial charge in [-0.1, -0.05) is 0 Å². The Morgan fingerprint density at radius 2 is 2.27 bits per heavy atom. The lowest BCUT2D eigenvalue weighted by Crippen LogP contribution is -1.82. The molecular formula is C6H4Cl2O2P+. The van der Waals surface area contributed by atoms with E-state index in [2.05, 4.69) is 10.6 Å². The standard InChI is InChI=1S/C6H4Cl2O2P/c7-11(8,9)10-6-4-2-1-3-5-6/h1-2,4-5H/q+1. The second kappa shape index (κ2) is 3.42. The van der Waals surface area contributed by atoms with Gasteiger partial charge in [0.15, 0.2) is 0 Å². The predicted molar refractivity (Wildman–Crippen MR) is 45.4 cm³/mol. The zero-order chi connectivity index (χ0) is 8.32. The Hall–Kier alpha value is -0.260. The molecule has 0 heterocycles. The highest BCUT2D eigenvalue weighted by Crippen LogP contribution is 2.59. The van der Waals surface area contributed by atoms with Gasteiger partial charge in [0.1, 0.15) is 12.2 Å². The van der Waals surface area contributed by atoms with E-state index >= 15 is 0 Å². The quantitative estimate of drug-likeness (QED) is 0.515. The highest BCUT2D eigenvalue weighted by atomic mass is 35.9. The van der Waals surface area contributed by atoms with Gasteiger partial charge in [-0.25, -0.2) is 4.57 Å². The Labute approximate surface area is 74.2 Å². The van der Waals surface area contributed by atoms with Crippen LogP contribution in [0.3, 0.4) is 0 Å². The minimum Gasteiger partial charge on any atom is -0.356 e. The van der Waals surface area contributed by atoms with Crippen LogP contribution in [0.5, 0.6) is 0 Å². The molecular weight excluding hydrogens is 206 g/mol. The number of rotatable bonds is 2. The molecule has 0 saturated carbocycles. The minimum atomic E-state index is -3.46. The lowest BCUT2D eigenvalue weighted by Gasteiger charge is -1.99. The highest BCUT2D eigenvalue weighted by molar-refractivity contribution is 8.05. The maximum atomic E-state index is 10.7. The Bertz CT molecular complexity index is 274. The molecule has 1 aliphatic rings. The van der Waals surface area contributed by atoms with E-state index in [0.717, 1.165) is 0 Å². The van der Waals surface area contributed by atoms with E-state index in [1.165, 1.54) is 6.08 Å². The van der Waals surface area contributed by atoms with E-state index in [9.17, 15) is 4.57 Å². The molecule has 0 aliphatic heterocycles. The molecule has 0 aromatic rings. The summed E-state index contributed by atoms with van der Waals surface area (Å²) in [7, 11) is 0. The second-order valence-electron chi connectivity index (χ2n) is 1.74. The lowest BCUT2D eigenvalue weighted by molar-refractivity contribution is 0.444. The molecule has 0 fully saturated rings. The first-order valence-corrected chi connectivity index (χ1v) is 6.16. The molecule has 0 atom stereocenters. The molecule has 58 valence electrons. The Morgan fingerprint density at radius 1 is 1.55 bits per heavy atom. The van der Waals surface area contributed by atoms with Gasteiger partial charge in [0.25, 0.3) is 0 Å². The summed E-state index contributed by atoms with van der Waals surface area (Å²) in [4.78, 5) is 0. The van der Waals surface area contributed by atoms with Crippen molar-refractivity contribution >= 4 is 28.6 Å². The number of halogens is 2. The molecule has 1 aliphatic carbocycles. The first-order chi connectivity index (χ1) is 5.08. The van der Waals surface area contributed by atoms with Crippen LogP contribution in [0.15, 0.2) is 30.1 Å². The van der Waals surface area contributed by atoms with Crippen molar-refractivity contribution in [1.29, 1.82) is 0 Å². The fourth-order valence-electron chi connectivity index (χ4n) is 0.556. The van der Waals surface area contributed by atoms with Crippen LogP contribution in [0.25, 0.3) is 0 Å². The van der Waals surface area contributed by atoms with Crippen LogP contribution < -0.4 is 0 Å². The molecule has 0 bridgehead atoms. The topological polar surface area (TPSA) is 26.3 Å². The third kappa shape index (κ3) is 3.60. The predicted octanol–water partition coefficient (Wildman–Crippen LogP) is 3.40. The van der Waals surface area contributed by atoms with Gasteiger partial charge >= 0.3 is 6.07 Å². The van der Waals surface area contributed by atoms with E-state index < -0.39 is 6.07 Å². The summed E-state index contributed by atoms with van der Waals surface area (Å²) in [6, 6.07) is 0. The summed E-state index contributed by atoms with van der Waals surface area (Å²) in [6.45, 7) is 0. The van der Waals surface area contributed by atoms with Crippen molar-refractivity contribution in [2.45, 2.75) is 0 Å². The van der Waals surface area contributed by atoms with Crippen molar-refractivity contribution < 1.29 is 9.09 Å². The Kier molecular flexibility index (Phi) is 2.75. The molecule has 0 aromatic heterocycles. The molecule has 5 heteroatoms. The fourth-order valence-corrected chi connectivity index (χ4v) is 1.39. The van der Waals surface area contributed by atoms with Gasteiger partial charge in [0.05, 0.1) is 12.2 Å². The first-order valence-electron chi connectivity index (χ1n) is 2.73. The molecule has 0 spiro atoms. The van der Waals surface area contributed by atoms with E-state index in [-0.39, 0.29) is 0 Å². The van der Waals surface area contributed by atoms with Crippen molar-refractivity contribution in [1.82, 2.24) is 0 Å². The van der Waals surface area contributed by atoms with E-state index in [4.69, 9.17) is 22.5 Å². The molecule has 0 saturated heterocycles. The van der Waals surface area contributed by atoms with Gasteiger partial charge in [0, 0.05) is 28.6 Å². The van der Waals surface area contributed by atoms with Crippen LogP contribution in [-0.4, -0.2) is 0 Å². The van der Waals surface area contributed by atoms with Gasteiger partial charge < -0.3 is 4.52 Å². The normalized spacial score (nSPS) is 15.6. The molecule has 11 heavy (non-hydrogen) atoms. The minimum absolute atomic E-state index is 0.348. The third-order valence-electron chi connectivity index (χ3n) is 0.890. The van der Waals surface area contributed by atoms with Crippen LogP contribution in [0.1, 0.15) is 0 Å². The van der Waals surface area contributed by atoms with Crippen molar-refractivity contribution in [3.63, 3.8) is 0 Å². The maximum Gasteiger partial charge on any atom is 0.440 e. The maximum absolute atomic E-state index is 10.7. The molecule has 0 aromatic carbocycles. The van der Waals surface area contributed by atoms with E-state index in [1.807, 2.05) is 0 Å². The number of hydrogen-bond donors (Lipinski definition) is 0. The monoisotopic (exact) mass is 209 g/mol. The van der Waals surface area contributed by atoms with Crippen LogP contribution in [0.2, 0.25) is 0 Å². The van der Waals surface area contributed by atoms with Crippen molar-refractivity contribution in [3.05, 3.63) is 36.1 Å². The summed E-state index contributed by atoms with van der Waals surface area (Å²) in [6.07, 6.45) is 5.71. The summed E-state index contributed by atoms with van der Waals surface area (Å²) in [5.74, 6) is 0.348. The first kappa shape index (κ1) is 8.83. The third-order valence-corrected chi connectivity index (χ3v) is 1.73. The van der Waals surface area contributed by atoms with Crippen molar-refractivity contribution in [2.24, 2.45) is 0 Å². The van der Waals surface area contributed by atoms with Gasteiger partial charge in [-0.2, -0.15) is 0 Å². The molecule has 0 N–H and O–H groups in total. The number of hydrogen-bond acceptors (Lipinski definition) is 2. The van der Waals surface area contributed by atoms with Gasteiger partial charge in [-0.3, -0.25) is 0 Å². The van der Waals surface area contributed by atoms with E-state index in [1.54, 1.807) is 18.2 Å². The van der Waals surface area contributed by atoms with Crippen molar-refractivity contribution in [2.75, 3.05) is 0 Å².